The summed E-state index contributed by atoms with van der Waals surface area (Å²) < 4.78 is 0. The molecule has 0 saturated carbocycles. The van der Waals surface area contributed by atoms with E-state index in [0.717, 1.165) is 24.5 Å². The molecule has 0 aromatic carbocycles. The van der Waals surface area contributed by atoms with Gasteiger partial charge in [0.2, 0.25) is 0 Å². The van der Waals surface area contributed by atoms with Crippen molar-refractivity contribution in [3.05, 3.63) is 41.0 Å². The summed E-state index contributed by atoms with van der Waals surface area (Å²) in [4.78, 5) is 24.1. The molecule has 1 saturated heterocycles. The predicted molar refractivity (Wildman–Crippen MR) is 80.5 cm³/mol. The fourth-order valence-electron chi connectivity index (χ4n) is 2.60. The van der Waals surface area contributed by atoms with Gasteiger partial charge < -0.3 is 10.0 Å². The summed E-state index contributed by atoms with van der Waals surface area (Å²) in [6, 6.07) is 1.33. The number of rotatable bonds is 4. The molecule has 1 unspecified atom stereocenters. The third-order valence-electron chi connectivity index (χ3n) is 3.65. The van der Waals surface area contributed by atoms with Crippen LogP contribution in [-0.4, -0.2) is 52.1 Å². The maximum atomic E-state index is 11.6. The third-order valence-corrected chi connectivity index (χ3v) is 4.35. The van der Waals surface area contributed by atoms with E-state index < -0.39 is 12.0 Å². The van der Waals surface area contributed by atoms with Crippen molar-refractivity contribution in [2.24, 2.45) is 0 Å². The minimum absolute atomic E-state index is 0.555. The van der Waals surface area contributed by atoms with Crippen molar-refractivity contribution in [2.45, 2.75) is 6.04 Å². The Morgan fingerprint density at radius 2 is 2.10 bits per heavy atom. The fourth-order valence-corrected chi connectivity index (χ4v) is 3.28. The van der Waals surface area contributed by atoms with Gasteiger partial charge in [0.15, 0.2) is 0 Å². The van der Waals surface area contributed by atoms with Crippen molar-refractivity contribution in [1.29, 1.82) is 0 Å². The van der Waals surface area contributed by atoms with E-state index in [1.807, 2.05) is 21.7 Å². The Bertz CT molecular complexity index is 582. The Balaban J connectivity index is 1.68. The summed E-state index contributed by atoms with van der Waals surface area (Å²) in [6.45, 7) is 2.91. The molecule has 0 amide bonds. The molecule has 1 aliphatic heterocycles. The second-order valence-electron chi connectivity index (χ2n) is 4.88. The highest BCUT2D eigenvalue weighted by Gasteiger charge is 2.30. The largest absolute Gasteiger partial charge is 0.480 e. The molecule has 3 rings (SSSR count). The van der Waals surface area contributed by atoms with Gasteiger partial charge in [-0.3, -0.25) is 14.7 Å². The minimum atomic E-state index is -0.790. The van der Waals surface area contributed by atoms with Gasteiger partial charge in [-0.2, -0.15) is 11.3 Å². The third kappa shape index (κ3) is 3.03. The van der Waals surface area contributed by atoms with Crippen LogP contribution in [-0.2, 0) is 4.79 Å². The molecule has 1 fully saturated rings. The van der Waals surface area contributed by atoms with Crippen molar-refractivity contribution in [1.82, 2.24) is 14.9 Å². The Labute approximate surface area is 126 Å². The van der Waals surface area contributed by atoms with Crippen molar-refractivity contribution < 1.29 is 9.90 Å². The van der Waals surface area contributed by atoms with Gasteiger partial charge in [0.1, 0.15) is 11.9 Å². The highest BCUT2D eigenvalue weighted by Crippen LogP contribution is 2.25. The standard InChI is InChI=1S/C14H16N4O2S/c19-14(20)13(11-1-8-21-10-11)18-6-4-17(5-7-18)12-9-15-2-3-16-12/h1-3,8-10,13H,4-7H2,(H,19,20). The summed E-state index contributed by atoms with van der Waals surface area (Å²) in [7, 11) is 0. The summed E-state index contributed by atoms with van der Waals surface area (Å²) in [6.07, 6.45) is 5.06. The van der Waals surface area contributed by atoms with Gasteiger partial charge in [-0.05, 0) is 22.4 Å². The van der Waals surface area contributed by atoms with Gasteiger partial charge in [-0.25, -0.2) is 4.98 Å². The SMILES string of the molecule is O=C(O)C(c1ccsc1)N1CCN(c2cnccn2)CC1. The number of anilines is 1. The molecule has 1 N–H and O–H groups in total. The molecule has 0 radical (unpaired) electrons. The average molecular weight is 304 g/mol. The molecule has 0 spiro atoms. The average Bonchev–Trinajstić information content (AvgIpc) is 3.03. The Hall–Kier alpha value is -1.99. The molecular formula is C14H16N4O2S. The van der Waals surface area contributed by atoms with E-state index in [0.29, 0.717) is 13.1 Å². The van der Waals surface area contributed by atoms with E-state index >= 15 is 0 Å². The lowest BCUT2D eigenvalue weighted by atomic mass is 10.1. The summed E-state index contributed by atoms with van der Waals surface area (Å²) in [5.74, 6) is 0.0564. The number of nitrogens with zero attached hydrogens (tertiary/aromatic N) is 4. The first-order valence-corrected chi connectivity index (χ1v) is 7.70. The highest BCUT2D eigenvalue weighted by molar-refractivity contribution is 7.08. The van der Waals surface area contributed by atoms with Crippen LogP contribution in [0.15, 0.2) is 35.4 Å². The molecule has 7 heteroatoms. The van der Waals surface area contributed by atoms with E-state index in [-0.39, 0.29) is 0 Å². The van der Waals surface area contributed by atoms with Crippen molar-refractivity contribution in [3.8, 4) is 0 Å². The quantitative estimate of drug-likeness (QED) is 0.923. The lowest BCUT2D eigenvalue weighted by molar-refractivity contribution is -0.143. The normalized spacial score (nSPS) is 17.6. The number of carboxylic acid groups (broad SMARTS) is 1. The Kier molecular flexibility index (Phi) is 4.12. The van der Waals surface area contributed by atoms with Crippen LogP contribution >= 0.6 is 11.3 Å². The molecule has 2 aromatic heterocycles. The number of carbonyl (C=O) groups is 1. The van der Waals surface area contributed by atoms with Crippen LogP contribution in [0.4, 0.5) is 5.82 Å². The second kappa shape index (κ2) is 6.19. The molecular weight excluding hydrogens is 288 g/mol. The Morgan fingerprint density at radius 1 is 1.29 bits per heavy atom. The number of carboxylic acids is 1. The Morgan fingerprint density at radius 3 is 2.67 bits per heavy atom. The molecule has 6 nitrogen and oxygen atoms in total. The predicted octanol–water partition coefficient (Wildman–Crippen LogP) is 1.49. The molecule has 1 atom stereocenters. The van der Waals surface area contributed by atoms with Crippen molar-refractivity contribution in [3.63, 3.8) is 0 Å². The van der Waals surface area contributed by atoms with Crippen LogP contribution in [0.25, 0.3) is 0 Å². The zero-order valence-corrected chi connectivity index (χ0v) is 12.2. The zero-order chi connectivity index (χ0) is 14.7. The number of hydrogen-bond acceptors (Lipinski definition) is 6. The molecule has 3 heterocycles. The molecule has 110 valence electrons. The number of aliphatic carboxylic acids is 1. The first-order chi connectivity index (χ1) is 10.3. The van der Waals surface area contributed by atoms with Gasteiger partial charge >= 0.3 is 5.97 Å². The maximum absolute atomic E-state index is 11.6. The molecule has 0 aliphatic carbocycles. The summed E-state index contributed by atoms with van der Waals surface area (Å²) >= 11 is 1.53. The first kappa shape index (κ1) is 14.0. The van der Waals surface area contributed by atoms with Gasteiger partial charge in [-0.1, -0.05) is 0 Å². The van der Waals surface area contributed by atoms with Gasteiger partial charge in [0.05, 0.1) is 6.20 Å². The summed E-state index contributed by atoms with van der Waals surface area (Å²) in [5.41, 5.74) is 0.862. The van der Waals surface area contributed by atoms with Crippen LogP contribution in [0, 0.1) is 0 Å². The van der Waals surface area contributed by atoms with E-state index in [4.69, 9.17) is 0 Å². The molecule has 2 aromatic rings. The van der Waals surface area contributed by atoms with Crippen LogP contribution < -0.4 is 4.90 Å². The van der Waals surface area contributed by atoms with Crippen LogP contribution in [0.2, 0.25) is 0 Å². The minimum Gasteiger partial charge on any atom is -0.480 e. The number of thiophene rings is 1. The molecule has 21 heavy (non-hydrogen) atoms. The number of hydrogen-bond donors (Lipinski definition) is 1. The van der Waals surface area contributed by atoms with Crippen molar-refractivity contribution in [2.75, 3.05) is 31.1 Å². The smallest absolute Gasteiger partial charge is 0.325 e. The van der Waals surface area contributed by atoms with E-state index in [1.165, 1.54) is 11.3 Å². The van der Waals surface area contributed by atoms with E-state index in [9.17, 15) is 9.90 Å². The number of piperazine rings is 1. The van der Waals surface area contributed by atoms with Gasteiger partial charge in [0, 0.05) is 38.6 Å². The monoisotopic (exact) mass is 304 g/mol. The van der Waals surface area contributed by atoms with Crippen LogP contribution in [0.5, 0.6) is 0 Å². The zero-order valence-electron chi connectivity index (χ0n) is 11.4. The number of aromatic nitrogens is 2. The fraction of sp³-hybridized carbons (Fsp3) is 0.357. The second-order valence-corrected chi connectivity index (χ2v) is 5.66. The highest BCUT2D eigenvalue weighted by atomic mass is 32.1. The lowest BCUT2D eigenvalue weighted by Gasteiger charge is -2.37. The summed E-state index contributed by atoms with van der Waals surface area (Å²) in [5, 5.41) is 13.3. The maximum Gasteiger partial charge on any atom is 0.325 e. The van der Waals surface area contributed by atoms with Crippen LogP contribution in [0.1, 0.15) is 11.6 Å². The van der Waals surface area contributed by atoms with Crippen molar-refractivity contribution >= 4 is 23.1 Å². The van der Waals surface area contributed by atoms with E-state index in [1.54, 1.807) is 18.6 Å². The molecule has 0 bridgehead atoms. The van der Waals surface area contributed by atoms with Gasteiger partial charge in [0.25, 0.3) is 0 Å². The van der Waals surface area contributed by atoms with Gasteiger partial charge in [-0.15, -0.1) is 0 Å². The van der Waals surface area contributed by atoms with E-state index in [2.05, 4.69) is 14.9 Å². The van der Waals surface area contributed by atoms with Crippen LogP contribution in [0.3, 0.4) is 0 Å². The first-order valence-electron chi connectivity index (χ1n) is 6.75. The molecule has 1 aliphatic rings. The lowest BCUT2D eigenvalue weighted by Crippen LogP contribution is -2.49. The topological polar surface area (TPSA) is 69.6 Å².